The SMILES string of the molecule is Cc1noc(C)c1S(=O)(=O)N(C)C[C@H]1Oc2c(NS(=O)(=O)c3ccccc3)cccc2C(=O)N([C@@H](C)CO)C[C@H]1C. The summed E-state index contributed by atoms with van der Waals surface area (Å²) in [5, 5.41) is 13.6. The van der Waals surface area contributed by atoms with Crippen LogP contribution in [0.15, 0.2) is 62.8 Å². The van der Waals surface area contributed by atoms with Crippen molar-refractivity contribution in [1.29, 1.82) is 0 Å². The maximum atomic E-state index is 13.7. The van der Waals surface area contributed by atoms with Crippen molar-refractivity contribution in [3.05, 3.63) is 65.5 Å². The van der Waals surface area contributed by atoms with Gasteiger partial charge in [0, 0.05) is 19.5 Å². The minimum absolute atomic E-state index is 0.0144. The van der Waals surface area contributed by atoms with E-state index in [1.54, 1.807) is 32.0 Å². The standard InChI is InChI=1S/C27H34N4O8S2/c1-17-14-31(18(2)16-32)27(33)22-12-9-13-23(29-40(34,35)21-10-7-6-8-11-21)25(22)38-24(17)15-30(5)41(36,37)26-19(3)28-39-20(26)4/h6-13,17-18,24,29,32H,14-16H2,1-5H3/t17-,18+,24-/m1/s1. The molecule has 2 aromatic carbocycles. The number of aliphatic hydroxyl groups is 1. The molecule has 3 atom stereocenters. The van der Waals surface area contributed by atoms with Gasteiger partial charge in [0.15, 0.2) is 11.5 Å². The van der Waals surface area contributed by atoms with Crippen LogP contribution in [0.4, 0.5) is 5.69 Å². The molecule has 1 amide bonds. The Kier molecular flexibility index (Phi) is 8.78. The summed E-state index contributed by atoms with van der Waals surface area (Å²) in [6.07, 6.45) is -0.821. The molecule has 12 nitrogen and oxygen atoms in total. The normalized spacial score (nSPS) is 18.8. The topological polar surface area (TPSA) is 159 Å². The fourth-order valence-corrected chi connectivity index (χ4v) is 7.24. The number of ether oxygens (including phenoxy) is 1. The van der Waals surface area contributed by atoms with Gasteiger partial charge in [-0.3, -0.25) is 9.52 Å². The second-order valence-electron chi connectivity index (χ2n) is 10.2. The Hall–Kier alpha value is -3.46. The number of carbonyl (C=O) groups excluding carboxylic acids is 1. The largest absolute Gasteiger partial charge is 0.486 e. The average Bonchev–Trinajstić information content (AvgIpc) is 3.29. The van der Waals surface area contributed by atoms with Crippen molar-refractivity contribution in [3.8, 4) is 5.75 Å². The van der Waals surface area contributed by atoms with Crippen LogP contribution in [0.2, 0.25) is 0 Å². The van der Waals surface area contributed by atoms with Gasteiger partial charge in [0.25, 0.3) is 15.9 Å². The number of nitrogens with zero attached hydrogens (tertiary/aromatic N) is 3. The van der Waals surface area contributed by atoms with E-state index < -0.39 is 44.0 Å². The number of aromatic nitrogens is 1. The Morgan fingerprint density at radius 3 is 2.41 bits per heavy atom. The zero-order chi connectivity index (χ0) is 30.1. The zero-order valence-corrected chi connectivity index (χ0v) is 25.1. The van der Waals surface area contributed by atoms with Gasteiger partial charge >= 0.3 is 0 Å². The van der Waals surface area contributed by atoms with Crippen molar-refractivity contribution < 1.29 is 36.0 Å². The number of aryl methyl sites for hydroxylation is 2. The summed E-state index contributed by atoms with van der Waals surface area (Å²) in [7, 11) is -6.69. The molecule has 1 aromatic heterocycles. The number of para-hydroxylation sites is 1. The van der Waals surface area contributed by atoms with Crippen LogP contribution in [0.25, 0.3) is 0 Å². The second kappa shape index (κ2) is 11.8. The van der Waals surface area contributed by atoms with E-state index in [0.717, 1.165) is 4.31 Å². The maximum absolute atomic E-state index is 13.7. The van der Waals surface area contributed by atoms with E-state index in [4.69, 9.17) is 9.26 Å². The second-order valence-corrected chi connectivity index (χ2v) is 13.8. The van der Waals surface area contributed by atoms with Gasteiger partial charge < -0.3 is 19.3 Å². The first-order valence-electron chi connectivity index (χ1n) is 13.0. The Balaban J connectivity index is 1.78. The summed E-state index contributed by atoms with van der Waals surface area (Å²) in [5.74, 6) is -0.768. The number of benzene rings is 2. The van der Waals surface area contributed by atoms with Gasteiger partial charge in [-0.25, -0.2) is 16.8 Å². The van der Waals surface area contributed by atoms with Crippen molar-refractivity contribution in [1.82, 2.24) is 14.4 Å². The quantitative estimate of drug-likeness (QED) is 0.373. The predicted octanol–water partition coefficient (Wildman–Crippen LogP) is 2.63. The Bertz CT molecular complexity index is 1600. The molecule has 0 spiro atoms. The number of anilines is 1. The molecule has 1 aliphatic rings. The minimum atomic E-state index is -4.05. The molecule has 0 unspecified atom stereocenters. The molecule has 41 heavy (non-hydrogen) atoms. The molecule has 14 heteroatoms. The van der Waals surface area contributed by atoms with Gasteiger partial charge in [-0.15, -0.1) is 0 Å². The smallest absolute Gasteiger partial charge is 0.262 e. The van der Waals surface area contributed by atoms with E-state index in [2.05, 4.69) is 9.88 Å². The summed E-state index contributed by atoms with van der Waals surface area (Å²) >= 11 is 0. The van der Waals surface area contributed by atoms with Gasteiger partial charge in [0.05, 0.1) is 35.3 Å². The van der Waals surface area contributed by atoms with Crippen molar-refractivity contribution in [2.24, 2.45) is 5.92 Å². The predicted molar refractivity (Wildman–Crippen MR) is 151 cm³/mol. The molecule has 222 valence electrons. The van der Waals surface area contributed by atoms with Crippen LogP contribution in [-0.2, 0) is 20.0 Å². The summed E-state index contributed by atoms with van der Waals surface area (Å²) < 4.78 is 68.4. The van der Waals surface area contributed by atoms with Crippen molar-refractivity contribution in [2.45, 2.75) is 49.6 Å². The van der Waals surface area contributed by atoms with E-state index >= 15 is 0 Å². The van der Waals surface area contributed by atoms with Crippen LogP contribution < -0.4 is 9.46 Å². The van der Waals surface area contributed by atoms with E-state index in [0.29, 0.717) is 0 Å². The monoisotopic (exact) mass is 606 g/mol. The minimum Gasteiger partial charge on any atom is -0.486 e. The molecule has 0 bridgehead atoms. The molecule has 0 saturated carbocycles. The Morgan fingerprint density at radius 2 is 1.80 bits per heavy atom. The summed E-state index contributed by atoms with van der Waals surface area (Å²) in [6, 6.07) is 11.7. The molecular formula is C27H34N4O8S2. The van der Waals surface area contributed by atoms with Crippen LogP contribution in [-0.4, -0.2) is 81.1 Å². The number of amides is 1. The van der Waals surface area contributed by atoms with E-state index in [1.165, 1.54) is 56.1 Å². The first-order valence-corrected chi connectivity index (χ1v) is 15.9. The zero-order valence-electron chi connectivity index (χ0n) is 23.4. The molecule has 0 aliphatic carbocycles. The number of hydrogen-bond acceptors (Lipinski definition) is 9. The van der Waals surface area contributed by atoms with Gasteiger partial charge in [-0.1, -0.05) is 36.3 Å². The number of aliphatic hydroxyl groups excluding tert-OH is 1. The average molecular weight is 607 g/mol. The number of nitrogens with one attached hydrogen (secondary N) is 1. The van der Waals surface area contributed by atoms with Gasteiger partial charge in [-0.2, -0.15) is 4.31 Å². The van der Waals surface area contributed by atoms with Crippen LogP contribution in [0, 0.1) is 19.8 Å². The Morgan fingerprint density at radius 1 is 1.12 bits per heavy atom. The first-order chi connectivity index (χ1) is 19.3. The highest BCUT2D eigenvalue weighted by Gasteiger charge is 2.37. The summed E-state index contributed by atoms with van der Waals surface area (Å²) in [6.45, 7) is 6.25. The van der Waals surface area contributed by atoms with Crippen molar-refractivity contribution in [2.75, 3.05) is 31.5 Å². The lowest BCUT2D eigenvalue weighted by Gasteiger charge is -2.38. The molecule has 4 rings (SSSR count). The highest BCUT2D eigenvalue weighted by Crippen LogP contribution is 2.36. The third kappa shape index (κ3) is 6.10. The maximum Gasteiger partial charge on any atom is 0.262 e. The van der Waals surface area contributed by atoms with Crippen LogP contribution in [0.5, 0.6) is 5.75 Å². The molecule has 0 saturated heterocycles. The molecular weight excluding hydrogens is 572 g/mol. The first kappa shape index (κ1) is 30.5. The van der Waals surface area contributed by atoms with Crippen molar-refractivity contribution in [3.63, 3.8) is 0 Å². The lowest BCUT2D eigenvalue weighted by atomic mass is 9.99. The molecule has 2 heterocycles. The van der Waals surface area contributed by atoms with E-state index in [9.17, 15) is 26.7 Å². The Labute approximate surface area is 240 Å². The third-order valence-corrected chi connectivity index (χ3v) is 10.5. The number of sulfonamides is 2. The molecule has 1 aliphatic heterocycles. The number of hydrogen-bond donors (Lipinski definition) is 2. The van der Waals surface area contributed by atoms with Crippen LogP contribution in [0.1, 0.15) is 35.7 Å². The molecule has 2 N–H and O–H groups in total. The van der Waals surface area contributed by atoms with Gasteiger partial charge in [0.2, 0.25) is 10.0 Å². The fraction of sp³-hybridized carbons (Fsp3) is 0.407. The van der Waals surface area contributed by atoms with Crippen LogP contribution in [0.3, 0.4) is 0 Å². The molecule has 0 fully saturated rings. The summed E-state index contributed by atoms with van der Waals surface area (Å²) in [4.78, 5) is 15.1. The van der Waals surface area contributed by atoms with E-state index in [-0.39, 0.29) is 57.9 Å². The summed E-state index contributed by atoms with van der Waals surface area (Å²) in [5.41, 5.74) is 0.316. The van der Waals surface area contributed by atoms with Gasteiger partial charge in [0.1, 0.15) is 16.7 Å². The number of likely N-dealkylation sites (N-methyl/N-ethyl adjacent to an activating group) is 1. The third-order valence-electron chi connectivity index (χ3n) is 7.06. The highest BCUT2D eigenvalue weighted by atomic mass is 32.2. The van der Waals surface area contributed by atoms with Crippen molar-refractivity contribution >= 4 is 31.6 Å². The lowest BCUT2D eigenvalue weighted by molar-refractivity contribution is 0.0389. The van der Waals surface area contributed by atoms with Crippen LogP contribution >= 0.6 is 0 Å². The number of fused-ring (bicyclic) bond motifs is 1. The number of rotatable bonds is 9. The lowest BCUT2D eigenvalue weighted by Crippen LogP contribution is -2.50. The highest BCUT2D eigenvalue weighted by molar-refractivity contribution is 7.92. The fourth-order valence-electron chi connectivity index (χ4n) is 4.70. The molecule has 0 radical (unpaired) electrons. The van der Waals surface area contributed by atoms with E-state index in [1.807, 2.05) is 0 Å². The molecule has 3 aromatic rings. The van der Waals surface area contributed by atoms with Gasteiger partial charge in [-0.05, 0) is 45.0 Å². The number of carbonyl (C=O) groups is 1.